The number of amides is 1. The second-order valence-electron chi connectivity index (χ2n) is 4.91. The molecule has 24 heavy (non-hydrogen) atoms. The minimum atomic E-state index is -0.971. The van der Waals surface area contributed by atoms with E-state index in [9.17, 15) is 9.59 Å². The Morgan fingerprint density at radius 2 is 1.83 bits per heavy atom. The Labute approximate surface area is 149 Å². The van der Waals surface area contributed by atoms with Gasteiger partial charge in [-0.3, -0.25) is 4.79 Å². The number of hydrogen-bond acceptors (Lipinski definition) is 6. The lowest BCUT2D eigenvalue weighted by Gasteiger charge is -2.20. The number of benzene rings is 1. The SMILES string of the molecule is COc1cc(C(=O)O[C@@H](C)C(=O)N(C)CCC#N)cc(OC)c1Br. The van der Waals surface area contributed by atoms with Gasteiger partial charge >= 0.3 is 5.97 Å². The molecule has 0 aliphatic heterocycles. The maximum atomic E-state index is 12.3. The van der Waals surface area contributed by atoms with Gasteiger partial charge in [0.2, 0.25) is 0 Å². The van der Waals surface area contributed by atoms with Gasteiger partial charge < -0.3 is 19.1 Å². The molecule has 0 unspecified atom stereocenters. The summed E-state index contributed by atoms with van der Waals surface area (Å²) in [5.41, 5.74) is 0.200. The molecule has 0 saturated heterocycles. The van der Waals surface area contributed by atoms with Crippen molar-refractivity contribution in [2.45, 2.75) is 19.4 Å². The zero-order valence-corrected chi connectivity index (χ0v) is 15.5. The van der Waals surface area contributed by atoms with E-state index in [-0.39, 0.29) is 24.4 Å². The highest BCUT2D eigenvalue weighted by Crippen LogP contribution is 2.35. The van der Waals surface area contributed by atoms with Gasteiger partial charge in [-0.25, -0.2) is 4.79 Å². The molecule has 0 aromatic heterocycles. The van der Waals surface area contributed by atoms with E-state index in [4.69, 9.17) is 19.5 Å². The summed E-state index contributed by atoms with van der Waals surface area (Å²) < 4.78 is 16.1. The minimum Gasteiger partial charge on any atom is -0.495 e. The van der Waals surface area contributed by atoms with Gasteiger partial charge in [-0.2, -0.15) is 5.26 Å². The lowest BCUT2D eigenvalue weighted by Crippen LogP contribution is -2.37. The monoisotopic (exact) mass is 398 g/mol. The minimum absolute atomic E-state index is 0.200. The number of ether oxygens (including phenoxy) is 3. The van der Waals surface area contributed by atoms with E-state index in [1.165, 1.54) is 38.2 Å². The Bertz CT molecular complexity index is 631. The summed E-state index contributed by atoms with van der Waals surface area (Å²) in [6.07, 6.45) is -0.758. The predicted octanol–water partition coefficient (Wildman–Crippen LogP) is 2.38. The van der Waals surface area contributed by atoms with Crippen LogP contribution in [0.2, 0.25) is 0 Å². The van der Waals surface area contributed by atoms with Crippen molar-refractivity contribution in [3.8, 4) is 17.6 Å². The smallest absolute Gasteiger partial charge is 0.339 e. The third-order valence-corrected chi connectivity index (χ3v) is 4.03. The molecule has 130 valence electrons. The third-order valence-electron chi connectivity index (χ3n) is 3.25. The van der Waals surface area contributed by atoms with E-state index in [1.807, 2.05) is 6.07 Å². The Morgan fingerprint density at radius 3 is 2.29 bits per heavy atom. The molecule has 0 fully saturated rings. The Morgan fingerprint density at radius 1 is 1.29 bits per heavy atom. The summed E-state index contributed by atoms with van der Waals surface area (Å²) >= 11 is 3.31. The highest BCUT2D eigenvalue weighted by atomic mass is 79.9. The first-order chi connectivity index (χ1) is 11.3. The molecule has 1 rings (SSSR count). The number of nitrogens with zero attached hydrogens (tertiary/aromatic N) is 2. The van der Waals surface area contributed by atoms with Crippen molar-refractivity contribution in [3.05, 3.63) is 22.2 Å². The molecule has 7 nitrogen and oxygen atoms in total. The molecular weight excluding hydrogens is 380 g/mol. The average Bonchev–Trinajstić information content (AvgIpc) is 2.58. The molecule has 1 aromatic carbocycles. The standard InChI is InChI=1S/C16H19BrN2O5/c1-10(15(20)19(2)7-5-6-18)24-16(21)11-8-12(22-3)14(17)13(9-11)23-4/h8-10H,5,7H2,1-4H3/t10-/m0/s1. The first kappa shape index (κ1) is 19.8. The highest BCUT2D eigenvalue weighted by Gasteiger charge is 2.23. The number of nitriles is 1. The molecule has 0 radical (unpaired) electrons. The summed E-state index contributed by atoms with van der Waals surface area (Å²) in [6, 6.07) is 4.94. The maximum absolute atomic E-state index is 12.3. The fourth-order valence-corrected chi connectivity index (χ4v) is 2.46. The van der Waals surface area contributed by atoms with Crippen molar-refractivity contribution in [1.82, 2.24) is 4.90 Å². The second kappa shape index (κ2) is 9.13. The van der Waals surface area contributed by atoms with Crippen LogP contribution in [0.15, 0.2) is 16.6 Å². The van der Waals surface area contributed by atoms with Crippen LogP contribution in [0.25, 0.3) is 0 Å². The van der Waals surface area contributed by atoms with Crippen LogP contribution in [0, 0.1) is 11.3 Å². The fourth-order valence-electron chi connectivity index (χ4n) is 1.90. The number of likely N-dealkylation sites (N-methyl/N-ethyl adjacent to an activating group) is 1. The fraction of sp³-hybridized carbons (Fsp3) is 0.438. The third kappa shape index (κ3) is 4.86. The molecule has 0 bridgehead atoms. The van der Waals surface area contributed by atoms with Crippen LogP contribution in [-0.4, -0.2) is 50.7 Å². The van der Waals surface area contributed by atoms with Crippen molar-refractivity contribution in [2.75, 3.05) is 27.8 Å². The van der Waals surface area contributed by atoms with Crippen LogP contribution in [0.3, 0.4) is 0 Å². The number of carbonyl (C=O) groups is 2. The molecule has 0 heterocycles. The molecule has 0 saturated carbocycles. The van der Waals surface area contributed by atoms with Crippen LogP contribution < -0.4 is 9.47 Å². The summed E-state index contributed by atoms with van der Waals surface area (Å²) in [5, 5.41) is 8.55. The Kier molecular flexibility index (Phi) is 7.52. The van der Waals surface area contributed by atoms with Crippen LogP contribution in [-0.2, 0) is 9.53 Å². The van der Waals surface area contributed by atoms with E-state index < -0.39 is 12.1 Å². The number of rotatable bonds is 7. The molecule has 8 heteroatoms. The molecule has 0 spiro atoms. The Hall–Kier alpha value is -2.27. The van der Waals surface area contributed by atoms with Gasteiger partial charge in [-0.15, -0.1) is 0 Å². The molecule has 0 aliphatic carbocycles. The quantitative estimate of drug-likeness (QED) is 0.655. The van der Waals surface area contributed by atoms with E-state index >= 15 is 0 Å². The zero-order valence-electron chi connectivity index (χ0n) is 14.0. The average molecular weight is 399 g/mol. The molecule has 0 N–H and O–H groups in total. The summed E-state index contributed by atoms with van der Waals surface area (Å²) in [6.45, 7) is 1.76. The van der Waals surface area contributed by atoms with Gasteiger partial charge in [-0.05, 0) is 35.0 Å². The zero-order chi connectivity index (χ0) is 18.3. The number of esters is 1. The van der Waals surface area contributed by atoms with Gasteiger partial charge in [0.25, 0.3) is 5.91 Å². The molecule has 0 aliphatic rings. The van der Waals surface area contributed by atoms with Crippen molar-refractivity contribution in [1.29, 1.82) is 5.26 Å². The molecular formula is C16H19BrN2O5. The van der Waals surface area contributed by atoms with E-state index in [2.05, 4.69) is 15.9 Å². The van der Waals surface area contributed by atoms with Crippen molar-refractivity contribution in [2.24, 2.45) is 0 Å². The lowest BCUT2D eigenvalue weighted by atomic mass is 10.2. The summed E-state index contributed by atoms with van der Waals surface area (Å²) in [7, 11) is 4.48. The van der Waals surface area contributed by atoms with Gasteiger partial charge in [0.15, 0.2) is 6.10 Å². The number of methoxy groups -OCH3 is 2. The summed E-state index contributed by atoms with van der Waals surface area (Å²) in [4.78, 5) is 25.7. The van der Waals surface area contributed by atoms with Gasteiger partial charge in [0, 0.05) is 13.6 Å². The second-order valence-corrected chi connectivity index (χ2v) is 5.70. The number of carbonyl (C=O) groups excluding carboxylic acids is 2. The van der Waals surface area contributed by atoms with Crippen LogP contribution >= 0.6 is 15.9 Å². The normalized spacial score (nSPS) is 11.2. The number of halogens is 1. The molecule has 1 atom stereocenters. The predicted molar refractivity (Wildman–Crippen MR) is 90.0 cm³/mol. The van der Waals surface area contributed by atoms with E-state index in [0.717, 1.165) is 0 Å². The molecule has 1 aromatic rings. The van der Waals surface area contributed by atoms with Crippen molar-refractivity contribution >= 4 is 27.8 Å². The lowest BCUT2D eigenvalue weighted by molar-refractivity contribution is -0.138. The molecule has 1 amide bonds. The van der Waals surface area contributed by atoms with Crippen LogP contribution in [0.1, 0.15) is 23.7 Å². The maximum Gasteiger partial charge on any atom is 0.339 e. The summed E-state index contributed by atoms with van der Waals surface area (Å²) in [5.74, 6) is -0.235. The topological polar surface area (TPSA) is 88.9 Å². The van der Waals surface area contributed by atoms with E-state index in [0.29, 0.717) is 16.0 Å². The van der Waals surface area contributed by atoms with Gasteiger partial charge in [0.05, 0.1) is 32.3 Å². The first-order valence-corrected chi connectivity index (χ1v) is 7.89. The van der Waals surface area contributed by atoms with Crippen LogP contribution in [0.4, 0.5) is 0 Å². The Balaban J connectivity index is 2.88. The van der Waals surface area contributed by atoms with Gasteiger partial charge in [-0.1, -0.05) is 0 Å². The van der Waals surface area contributed by atoms with Gasteiger partial charge in [0.1, 0.15) is 16.0 Å². The first-order valence-electron chi connectivity index (χ1n) is 7.10. The van der Waals surface area contributed by atoms with Crippen molar-refractivity contribution in [3.63, 3.8) is 0 Å². The van der Waals surface area contributed by atoms with Crippen molar-refractivity contribution < 1.29 is 23.8 Å². The van der Waals surface area contributed by atoms with E-state index in [1.54, 1.807) is 7.05 Å². The van der Waals surface area contributed by atoms with Crippen LogP contribution in [0.5, 0.6) is 11.5 Å². The number of hydrogen-bond donors (Lipinski definition) is 0. The highest BCUT2D eigenvalue weighted by molar-refractivity contribution is 9.10. The largest absolute Gasteiger partial charge is 0.495 e.